The minimum atomic E-state index is 0.459. The third-order valence-electron chi connectivity index (χ3n) is 4.89. The van der Waals surface area contributed by atoms with E-state index in [9.17, 15) is 0 Å². The van der Waals surface area contributed by atoms with Crippen LogP contribution in [-0.4, -0.2) is 22.4 Å². The van der Waals surface area contributed by atoms with Gasteiger partial charge in [-0.25, -0.2) is 0 Å². The molecule has 0 bridgehead atoms. The standard InChI is InChI=1S/C18H33N3/c1-6-11-21-17(8-10-20-21)16-12-18(4,5)9-7-15(16)13-19-14(2)3/h8,10,14-16,19H,6-7,9,11-13H2,1-5H3. The molecule has 2 rings (SSSR count). The van der Waals surface area contributed by atoms with E-state index in [0.717, 1.165) is 25.4 Å². The van der Waals surface area contributed by atoms with Crippen LogP contribution in [0.4, 0.5) is 0 Å². The molecule has 0 aromatic carbocycles. The van der Waals surface area contributed by atoms with Crippen LogP contribution in [0.3, 0.4) is 0 Å². The minimum Gasteiger partial charge on any atom is -0.314 e. The van der Waals surface area contributed by atoms with Gasteiger partial charge in [-0.2, -0.15) is 5.10 Å². The number of rotatable bonds is 6. The van der Waals surface area contributed by atoms with Gasteiger partial charge in [0.1, 0.15) is 0 Å². The van der Waals surface area contributed by atoms with Gasteiger partial charge < -0.3 is 5.32 Å². The summed E-state index contributed by atoms with van der Waals surface area (Å²) in [5.41, 5.74) is 1.92. The van der Waals surface area contributed by atoms with E-state index >= 15 is 0 Å². The summed E-state index contributed by atoms with van der Waals surface area (Å²) in [6.45, 7) is 13.7. The van der Waals surface area contributed by atoms with Crippen LogP contribution in [0, 0.1) is 11.3 Å². The number of hydrogen-bond donors (Lipinski definition) is 1. The molecule has 1 saturated carbocycles. The number of nitrogens with zero attached hydrogens (tertiary/aromatic N) is 2. The number of aryl methyl sites for hydroxylation is 1. The van der Waals surface area contributed by atoms with Crippen molar-refractivity contribution in [2.45, 2.75) is 78.8 Å². The average molecular weight is 291 g/mol. The zero-order valence-electron chi connectivity index (χ0n) is 14.5. The normalized spacial score (nSPS) is 25.4. The molecule has 1 aromatic rings. The molecular weight excluding hydrogens is 258 g/mol. The van der Waals surface area contributed by atoms with Crippen LogP contribution < -0.4 is 5.32 Å². The monoisotopic (exact) mass is 291 g/mol. The molecule has 1 N–H and O–H groups in total. The molecule has 0 aliphatic heterocycles. The Balaban J connectivity index is 2.18. The molecule has 0 radical (unpaired) electrons. The van der Waals surface area contributed by atoms with Crippen LogP contribution in [0.25, 0.3) is 0 Å². The van der Waals surface area contributed by atoms with Crippen molar-refractivity contribution in [1.82, 2.24) is 15.1 Å². The molecule has 21 heavy (non-hydrogen) atoms. The van der Waals surface area contributed by atoms with Gasteiger partial charge in [0.25, 0.3) is 0 Å². The average Bonchev–Trinajstić information content (AvgIpc) is 2.85. The Hall–Kier alpha value is -0.830. The molecular formula is C18H33N3. The van der Waals surface area contributed by atoms with E-state index in [1.165, 1.54) is 25.0 Å². The second kappa shape index (κ2) is 6.95. The summed E-state index contributed by atoms with van der Waals surface area (Å²) in [4.78, 5) is 0. The predicted molar refractivity (Wildman–Crippen MR) is 89.5 cm³/mol. The van der Waals surface area contributed by atoms with Crippen molar-refractivity contribution < 1.29 is 0 Å². The van der Waals surface area contributed by atoms with E-state index < -0.39 is 0 Å². The first-order valence-corrected chi connectivity index (χ1v) is 8.68. The highest BCUT2D eigenvalue weighted by Crippen LogP contribution is 2.46. The van der Waals surface area contributed by atoms with Gasteiger partial charge in [-0.1, -0.05) is 34.6 Å². The third-order valence-corrected chi connectivity index (χ3v) is 4.89. The predicted octanol–water partition coefficient (Wildman–Crippen LogP) is 4.20. The van der Waals surface area contributed by atoms with Crippen molar-refractivity contribution in [3.63, 3.8) is 0 Å². The fraction of sp³-hybridized carbons (Fsp3) is 0.833. The molecule has 1 aliphatic rings. The molecule has 1 heterocycles. The Kier molecular flexibility index (Phi) is 5.48. The fourth-order valence-electron chi connectivity index (χ4n) is 3.68. The number of nitrogens with one attached hydrogen (secondary N) is 1. The molecule has 1 aromatic heterocycles. The highest BCUT2D eigenvalue weighted by Gasteiger charge is 2.36. The van der Waals surface area contributed by atoms with Crippen LogP contribution in [0.5, 0.6) is 0 Å². The maximum Gasteiger partial charge on any atom is 0.0492 e. The molecule has 2 unspecified atom stereocenters. The van der Waals surface area contributed by atoms with E-state index in [1.54, 1.807) is 0 Å². The Morgan fingerprint density at radius 2 is 2.19 bits per heavy atom. The van der Waals surface area contributed by atoms with Crippen LogP contribution in [-0.2, 0) is 6.54 Å². The second-order valence-electron chi connectivity index (χ2n) is 7.82. The van der Waals surface area contributed by atoms with Crippen molar-refractivity contribution in [3.8, 4) is 0 Å². The van der Waals surface area contributed by atoms with E-state index in [0.29, 0.717) is 17.4 Å². The minimum absolute atomic E-state index is 0.459. The molecule has 3 nitrogen and oxygen atoms in total. The van der Waals surface area contributed by atoms with E-state index in [1.807, 2.05) is 6.20 Å². The Morgan fingerprint density at radius 3 is 2.86 bits per heavy atom. The Morgan fingerprint density at radius 1 is 1.43 bits per heavy atom. The lowest BCUT2D eigenvalue weighted by Crippen LogP contribution is -2.37. The Labute approximate surface area is 130 Å². The Bertz CT molecular complexity index is 431. The maximum atomic E-state index is 4.55. The van der Waals surface area contributed by atoms with Gasteiger partial charge in [0.2, 0.25) is 0 Å². The van der Waals surface area contributed by atoms with Crippen LogP contribution in [0.1, 0.15) is 71.9 Å². The van der Waals surface area contributed by atoms with E-state index in [2.05, 4.69) is 55.8 Å². The van der Waals surface area contributed by atoms with Crippen molar-refractivity contribution >= 4 is 0 Å². The molecule has 0 amide bonds. The summed E-state index contributed by atoms with van der Waals surface area (Å²) in [5, 5.41) is 8.21. The lowest BCUT2D eigenvalue weighted by molar-refractivity contribution is 0.152. The highest BCUT2D eigenvalue weighted by molar-refractivity contribution is 5.12. The summed E-state index contributed by atoms with van der Waals surface area (Å²) in [6, 6.07) is 2.82. The summed E-state index contributed by atoms with van der Waals surface area (Å²) in [6.07, 6.45) is 7.09. The quantitative estimate of drug-likeness (QED) is 0.851. The van der Waals surface area contributed by atoms with Gasteiger partial charge in [-0.05, 0) is 49.6 Å². The summed E-state index contributed by atoms with van der Waals surface area (Å²) in [7, 11) is 0. The summed E-state index contributed by atoms with van der Waals surface area (Å²) < 4.78 is 2.24. The lowest BCUT2D eigenvalue weighted by atomic mass is 9.66. The maximum absolute atomic E-state index is 4.55. The molecule has 120 valence electrons. The zero-order chi connectivity index (χ0) is 15.5. The van der Waals surface area contributed by atoms with Crippen LogP contribution in [0.15, 0.2) is 12.3 Å². The van der Waals surface area contributed by atoms with Crippen molar-refractivity contribution in [1.29, 1.82) is 0 Å². The largest absolute Gasteiger partial charge is 0.314 e. The third kappa shape index (κ3) is 4.32. The van der Waals surface area contributed by atoms with Gasteiger partial charge in [0, 0.05) is 30.4 Å². The van der Waals surface area contributed by atoms with Gasteiger partial charge in [-0.15, -0.1) is 0 Å². The van der Waals surface area contributed by atoms with Gasteiger partial charge in [-0.3, -0.25) is 4.68 Å². The highest BCUT2D eigenvalue weighted by atomic mass is 15.3. The first-order valence-electron chi connectivity index (χ1n) is 8.68. The number of hydrogen-bond acceptors (Lipinski definition) is 2. The molecule has 1 aliphatic carbocycles. The molecule has 0 spiro atoms. The van der Waals surface area contributed by atoms with Crippen molar-refractivity contribution in [3.05, 3.63) is 18.0 Å². The van der Waals surface area contributed by atoms with Crippen molar-refractivity contribution in [2.24, 2.45) is 11.3 Å². The first kappa shape index (κ1) is 16.5. The molecule has 0 saturated heterocycles. The van der Waals surface area contributed by atoms with Crippen LogP contribution >= 0.6 is 0 Å². The fourth-order valence-corrected chi connectivity index (χ4v) is 3.68. The van der Waals surface area contributed by atoms with Gasteiger partial charge >= 0.3 is 0 Å². The zero-order valence-corrected chi connectivity index (χ0v) is 14.5. The number of aromatic nitrogens is 2. The van der Waals surface area contributed by atoms with E-state index in [-0.39, 0.29) is 0 Å². The second-order valence-corrected chi connectivity index (χ2v) is 7.82. The van der Waals surface area contributed by atoms with Crippen molar-refractivity contribution in [2.75, 3.05) is 6.54 Å². The topological polar surface area (TPSA) is 29.9 Å². The van der Waals surface area contributed by atoms with Gasteiger partial charge in [0.05, 0.1) is 0 Å². The van der Waals surface area contributed by atoms with Crippen LogP contribution in [0.2, 0.25) is 0 Å². The molecule has 1 fully saturated rings. The van der Waals surface area contributed by atoms with E-state index in [4.69, 9.17) is 0 Å². The summed E-state index contributed by atoms with van der Waals surface area (Å²) >= 11 is 0. The smallest absolute Gasteiger partial charge is 0.0492 e. The molecule has 2 atom stereocenters. The van der Waals surface area contributed by atoms with Gasteiger partial charge in [0.15, 0.2) is 0 Å². The first-order chi connectivity index (χ1) is 9.93. The summed E-state index contributed by atoms with van der Waals surface area (Å²) in [5.74, 6) is 1.39. The lowest BCUT2D eigenvalue weighted by Gasteiger charge is -2.41. The SMILES string of the molecule is CCCn1nccc1C1CC(C)(C)CCC1CNC(C)C. The molecule has 3 heteroatoms.